The summed E-state index contributed by atoms with van der Waals surface area (Å²) in [6.07, 6.45) is 1.92. The van der Waals surface area contributed by atoms with Gasteiger partial charge in [0, 0.05) is 16.8 Å². The minimum Gasteiger partial charge on any atom is -0.392 e. The van der Waals surface area contributed by atoms with E-state index >= 15 is 0 Å². The summed E-state index contributed by atoms with van der Waals surface area (Å²) in [4.78, 5) is 0.122. The Bertz CT molecular complexity index is 546. The summed E-state index contributed by atoms with van der Waals surface area (Å²) in [5.41, 5.74) is 1.04. The highest BCUT2D eigenvalue weighted by atomic mass is 35.5. The standard InChI is InChI=1S/C12H18ClNO3S2/c1-8(7-18-3)14-19(16,17)12-5-11(13)4-10(6-15)9(12)2/h4-5,8,14-15H,6-7H2,1-3H3. The lowest BCUT2D eigenvalue weighted by molar-refractivity contribution is 0.280. The van der Waals surface area contributed by atoms with E-state index in [1.165, 1.54) is 6.07 Å². The Morgan fingerprint density at radius 3 is 2.63 bits per heavy atom. The normalized spacial score (nSPS) is 13.5. The second-order valence-electron chi connectivity index (χ2n) is 4.32. The molecule has 0 spiro atoms. The van der Waals surface area contributed by atoms with E-state index in [9.17, 15) is 13.5 Å². The fourth-order valence-electron chi connectivity index (χ4n) is 1.76. The Morgan fingerprint density at radius 1 is 1.47 bits per heavy atom. The monoisotopic (exact) mass is 323 g/mol. The van der Waals surface area contributed by atoms with Crippen LogP contribution in [0.1, 0.15) is 18.1 Å². The van der Waals surface area contributed by atoms with E-state index in [-0.39, 0.29) is 17.5 Å². The molecule has 4 nitrogen and oxygen atoms in total. The largest absolute Gasteiger partial charge is 0.392 e. The Kier molecular flexibility index (Phi) is 6.14. The summed E-state index contributed by atoms with van der Waals surface area (Å²) in [6, 6.07) is 2.81. The maximum Gasteiger partial charge on any atom is 0.241 e. The number of benzene rings is 1. The van der Waals surface area contributed by atoms with Crippen molar-refractivity contribution in [3.63, 3.8) is 0 Å². The van der Waals surface area contributed by atoms with Crippen LogP contribution in [0.5, 0.6) is 0 Å². The molecule has 0 aliphatic rings. The molecule has 1 atom stereocenters. The quantitative estimate of drug-likeness (QED) is 0.842. The maximum atomic E-state index is 12.3. The van der Waals surface area contributed by atoms with Gasteiger partial charge in [-0.3, -0.25) is 0 Å². The molecule has 0 aromatic heterocycles. The summed E-state index contributed by atoms with van der Waals surface area (Å²) in [5.74, 6) is 0.686. The van der Waals surface area contributed by atoms with Gasteiger partial charge in [-0.25, -0.2) is 13.1 Å². The number of hydrogen-bond donors (Lipinski definition) is 2. The molecule has 2 N–H and O–H groups in total. The van der Waals surface area contributed by atoms with Crippen molar-refractivity contribution in [2.75, 3.05) is 12.0 Å². The first kappa shape index (κ1) is 16.8. The van der Waals surface area contributed by atoms with Crippen molar-refractivity contribution in [2.24, 2.45) is 0 Å². The highest BCUT2D eigenvalue weighted by Gasteiger charge is 2.21. The molecule has 1 unspecified atom stereocenters. The molecule has 0 bridgehead atoms. The van der Waals surface area contributed by atoms with Gasteiger partial charge in [0.1, 0.15) is 0 Å². The molecule has 7 heteroatoms. The first-order valence-electron chi connectivity index (χ1n) is 5.73. The van der Waals surface area contributed by atoms with Gasteiger partial charge < -0.3 is 5.11 Å². The molecule has 1 rings (SSSR count). The van der Waals surface area contributed by atoms with Gasteiger partial charge in [-0.15, -0.1) is 0 Å². The van der Waals surface area contributed by atoms with Gasteiger partial charge in [-0.2, -0.15) is 11.8 Å². The van der Waals surface area contributed by atoms with Crippen LogP contribution in [0.25, 0.3) is 0 Å². The topological polar surface area (TPSA) is 66.4 Å². The van der Waals surface area contributed by atoms with Crippen molar-refractivity contribution >= 4 is 33.4 Å². The fraction of sp³-hybridized carbons (Fsp3) is 0.500. The Balaban J connectivity index is 3.18. The highest BCUT2D eigenvalue weighted by molar-refractivity contribution is 7.98. The van der Waals surface area contributed by atoms with Crippen LogP contribution in [0, 0.1) is 6.92 Å². The van der Waals surface area contributed by atoms with Gasteiger partial charge in [-0.05, 0) is 43.4 Å². The lowest BCUT2D eigenvalue weighted by Crippen LogP contribution is -2.34. The van der Waals surface area contributed by atoms with Crippen LogP contribution in [0.15, 0.2) is 17.0 Å². The molecule has 1 aromatic carbocycles. The van der Waals surface area contributed by atoms with E-state index in [0.717, 1.165) is 0 Å². The van der Waals surface area contributed by atoms with Gasteiger partial charge in [0.15, 0.2) is 0 Å². The number of rotatable bonds is 6. The van der Waals surface area contributed by atoms with Gasteiger partial charge in [0.25, 0.3) is 0 Å². The van der Waals surface area contributed by atoms with Crippen molar-refractivity contribution in [1.29, 1.82) is 0 Å². The summed E-state index contributed by atoms with van der Waals surface area (Å²) < 4.78 is 27.2. The fourth-order valence-corrected chi connectivity index (χ4v) is 4.31. The first-order chi connectivity index (χ1) is 8.81. The van der Waals surface area contributed by atoms with Gasteiger partial charge >= 0.3 is 0 Å². The number of aliphatic hydroxyl groups is 1. The summed E-state index contributed by atoms with van der Waals surface area (Å²) in [5, 5.41) is 9.52. The predicted molar refractivity (Wildman–Crippen MR) is 80.3 cm³/mol. The third-order valence-corrected chi connectivity index (χ3v) is 5.43. The number of thioether (sulfide) groups is 1. The summed E-state index contributed by atoms with van der Waals surface area (Å²) in [7, 11) is -3.63. The number of sulfonamides is 1. The van der Waals surface area contributed by atoms with Crippen LogP contribution >= 0.6 is 23.4 Å². The molecule has 0 fully saturated rings. The van der Waals surface area contributed by atoms with Crippen molar-refractivity contribution in [1.82, 2.24) is 4.72 Å². The molecule has 0 saturated heterocycles. The zero-order valence-corrected chi connectivity index (χ0v) is 13.5. The average molecular weight is 324 g/mol. The highest BCUT2D eigenvalue weighted by Crippen LogP contribution is 2.24. The second kappa shape index (κ2) is 6.95. The molecule has 1 aromatic rings. The van der Waals surface area contributed by atoms with Crippen LogP contribution in [0.2, 0.25) is 5.02 Å². The Hall–Kier alpha value is -0.270. The van der Waals surface area contributed by atoms with Crippen molar-refractivity contribution in [3.8, 4) is 0 Å². The molecule has 108 valence electrons. The maximum absolute atomic E-state index is 12.3. The second-order valence-corrected chi connectivity index (χ2v) is 7.35. The van der Waals surface area contributed by atoms with E-state index < -0.39 is 10.0 Å². The van der Waals surface area contributed by atoms with E-state index in [2.05, 4.69) is 4.72 Å². The molecular weight excluding hydrogens is 306 g/mol. The van der Waals surface area contributed by atoms with Crippen LogP contribution < -0.4 is 4.72 Å². The number of hydrogen-bond acceptors (Lipinski definition) is 4. The summed E-state index contributed by atoms with van der Waals surface area (Å²) in [6.45, 7) is 3.23. The minimum atomic E-state index is -3.63. The SMILES string of the molecule is CSCC(C)NS(=O)(=O)c1cc(Cl)cc(CO)c1C. The lowest BCUT2D eigenvalue weighted by Gasteiger charge is -2.16. The third kappa shape index (κ3) is 4.36. The zero-order valence-electron chi connectivity index (χ0n) is 11.1. The molecule has 0 heterocycles. The molecule has 0 saturated carbocycles. The average Bonchev–Trinajstić information content (AvgIpc) is 2.31. The van der Waals surface area contributed by atoms with Crippen molar-refractivity contribution in [2.45, 2.75) is 31.4 Å². The van der Waals surface area contributed by atoms with Crippen LogP contribution in [-0.4, -0.2) is 31.6 Å². The summed E-state index contributed by atoms with van der Waals surface area (Å²) >= 11 is 7.46. The third-order valence-electron chi connectivity index (χ3n) is 2.67. The van der Waals surface area contributed by atoms with E-state index in [1.54, 1.807) is 31.7 Å². The first-order valence-corrected chi connectivity index (χ1v) is 8.98. The Morgan fingerprint density at radius 2 is 2.11 bits per heavy atom. The van der Waals surface area contributed by atoms with Gasteiger partial charge in [0.2, 0.25) is 10.0 Å². The smallest absolute Gasteiger partial charge is 0.241 e. The minimum absolute atomic E-state index is 0.122. The van der Waals surface area contributed by atoms with Crippen molar-refractivity contribution in [3.05, 3.63) is 28.3 Å². The van der Waals surface area contributed by atoms with Crippen molar-refractivity contribution < 1.29 is 13.5 Å². The number of nitrogens with one attached hydrogen (secondary N) is 1. The van der Waals surface area contributed by atoms with Crippen LogP contribution in [-0.2, 0) is 16.6 Å². The molecule has 0 aliphatic carbocycles. The lowest BCUT2D eigenvalue weighted by atomic mass is 10.1. The molecule has 0 aliphatic heterocycles. The molecular formula is C12H18ClNO3S2. The number of aliphatic hydroxyl groups excluding tert-OH is 1. The zero-order chi connectivity index (χ0) is 14.6. The Labute approximate surface area is 123 Å². The molecule has 0 amide bonds. The van der Waals surface area contributed by atoms with E-state index in [4.69, 9.17) is 11.6 Å². The molecule has 19 heavy (non-hydrogen) atoms. The number of halogens is 1. The molecule has 0 radical (unpaired) electrons. The van der Waals surface area contributed by atoms with Crippen LogP contribution in [0.3, 0.4) is 0 Å². The predicted octanol–water partition coefficient (Wildman–Crippen LogP) is 2.17. The van der Waals surface area contributed by atoms with E-state index in [1.807, 2.05) is 6.26 Å². The van der Waals surface area contributed by atoms with Gasteiger partial charge in [-0.1, -0.05) is 11.6 Å². The van der Waals surface area contributed by atoms with E-state index in [0.29, 0.717) is 21.9 Å². The van der Waals surface area contributed by atoms with Gasteiger partial charge in [0.05, 0.1) is 11.5 Å². The van der Waals surface area contributed by atoms with Crippen LogP contribution in [0.4, 0.5) is 0 Å².